The summed E-state index contributed by atoms with van der Waals surface area (Å²) >= 11 is 6.80. The molecule has 1 fully saturated rings. The van der Waals surface area contributed by atoms with Gasteiger partial charge in [0.2, 0.25) is 0 Å². The van der Waals surface area contributed by atoms with Crippen LogP contribution in [0.15, 0.2) is 33.6 Å². The van der Waals surface area contributed by atoms with Crippen molar-refractivity contribution in [1.82, 2.24) is 0 Å². The fourth-order valence-electron chi connectivity index (χ4n) is 2.27. The van der Waals surface area contributed by atoms with Crippen LogP contribution in [0.2, 0.25) is 0 Å². The molecule has 6 heteroatoms. The monoisotopic (exact) mass is 410 g/mol. The maximum absolute atomic E-state index is 12.5. The molecule has 1 heterocycles. The fourth-order valence-corrected chi connectivity index (χ4v) is 5.80. The standard InChI is InChI=1S/C13H16Br2O3S/c14-9-13(4-6-18-7-5-13)10-19(16,17)12-3-1-2-11(15)8-12/h1-3,8H,4-7,9-10H2. The van der Waals surface area contributed by atoms with Crippen LogP contribution in [0.5, 0.6) is 0 Å². The second kappa shape index (κ2) is 6.24. The molecule has 0 amide bonds. The van der Waals surface area contributed by atoms with Crippen molar-refractivity contribution in [2.75, 3.05) is 24.3 Å². The second-order valence-electron chi connectivity index (χ2n) is 4.96. The van der Waals surface area contributed by atoms with Crippen LogP contribution in [-0.2, 0) is 14.6 Å². The molecule has 0 bridgehead atoms. The zero-order valence-electron chi connectivity index (χ0n) is 10.4. The maximum Gasteiger partial charge on any atom is 0.178 e. The Hall–Kier alpha value is 0.0900. The fraction of sp³-hybridized carbons (Fsp3) is 0.538. The average Bonchev–Trinajstić information content (AvgIpc) is 2.39. The lowest BCUT2D eigenvalue weighted by Gasteiger charge is -2.35. The van der Waals surface area contributed by atoms with Crippen molar-refractivity contribution in [2.45, 2.75) is 17.7 Å². The lowest BCUT2D eigenvalue weighted by molar-refractivity contribution is 0.0367. The number of hydrogen-bond donors (Lipinski definition) is 0. The molecule has 2 rings (SSSR count). The summed E-state index contributed by atoms with van der Waals surface area (Å²) in [6.07, 6.45) is 1.57. The van der Waals surface area contributed by atoms with Gasteiger partial charge < -0.3 is 4.74 Å². The van der Waals surface area contributed by atoms with Gasteiger partial charge in [0, 0.05) is 23.0 Å². The number of sulfone groups is 1. The molecular formula is C13H16Br2O3S. The smallest absolute Gasteiger partial charge is 0.178 e. The van der Waals surface area contributed by atoms with Crippen LogP contribution in [-0.4, -0.2) is 32.7 Å². The first-order chi connectivity index (χ1) is 8.97. The van der Waals surface area contributed by atoms with Gasteiger partial charge in [0.05, 0.1) is 10.6 Å². The molecule has 1 aliphatic rings. The van der Waals surface area contributed by atoms with E-state index in [1.165, 1.54) is 0 Å². The number of hydrogen-bond acceptors (Lipinski definition) is 3. The first-order valence-electron chi connectivity index (χ1n) is 6.10. The molecular weight excluding hydrogens is 396 g/mol. The van der Waals surface area contributed by atoms with Gasteiger partial charge in [-0.3, -0.25) is 0 Å². The molecule has 0 atom stereocenters. The van der Waals surface area contributed by atoms with Crippen molar-refractivity contribution >= 4 is 41.7 Å². The maximum atomic E-state index is 12.5. The Morgan fingerprint density at radius 1 is 1.26 bits per heavy atom. The molecule has 106 valence electrons. The molecule has 0 saturated carbocycles. The highest BCUT2D eigenvalue weighted by Gasteiger charge is 2.36. The summed E-state index contributed by atoms with van der Waals surface area (Å²) in [7, 11) is -3.27. The number of alkyl halides is 1. The Morgan fingerprint density at radius 2 is 1.95 bits per heavy atom. The Kier molecular flexibility index (Phi) is 5.09. The Labute approximate surface area is 130 Å². The predicted molar refractivity (Wildman–Crippen MR) is 82.5 cm³/mol. The summed E-state index contributed by atoms with van der Waals surface area (Å²) in [4.78, 5) is 0.383. The van der Waals surface area contributed by atoms with Gasteiger partial charge in [0.1, 0.15) is 0 Å². The van der Waals surface area contributed by atoms with Crippen molar-refractivity contribution in [3.63, 3.8) is 0 Å². The summed E-state index contributed by atoms with van der Waals surface area (Å²) in [5.41, 5.74) is -0.209. The summed E-state index contributed by atoms with van der Waals surface area (Å²) in [6, 6.07) is 6.90. The van der Waals surface area contributed by atoms with Gasteiger partial charge in [0.25, 0.3) is 0 Å². The van der Waals surface area contributed by atoms with E-state index in [2.05, 4.69) is 31.9 Å². The van der Waals surface area contributed by atoms with E-state index in [9.17, 15) is 8.42 Å². The Morgan fingerprint density at radius 3 is 2.53 bits per heavy atom. The van der Waals surface area contributed by atoms with E-state index in [0.717, 1.165) is 17.3 Å². The van der Waals surface area contributed by atoms with E-state index in [4.69, 9.17) is 4.74 Å². The third-order valence-electron chi connectivity index (χ3n) is 3.49. The molecule has 3 nitrogen and oxygen atoms in total. The minimum absolute atomic E-state index is 0.172. The molecule has 0 spiro atoms. The van der Waals surface area contributed by atoms with Gasteiger partial charge in [-0.1, -0.05) is 37.9 Å². The molecule has 0 unspecified atom stereocenters. The number of benzene rings is 1. The third kappa shape index (κ3) is 3.80. The van der Waals surface area contributed by atoms with Crippen LogP contribution in [0.3, 0.4) is 0 Å². The normalized spacial score (nSPS) is 19.3. The van der Waals surface area contributed by atoms with Crippen LogP contribution >= 0.6 is 31.9 Å². The Balaban J connectivity index is 2.25. The van der Waals surface area contributed by atoms with Crippen molar-refractivity contribution < 1.29 is 13.2 Å². The highest BCUT2D eigenvalue weighted by molar-refractivity contribution is 9.10. The summed E-state index contributed by atoms with van der Waals surface area (Å²) in [6.45, 7) is 1.28. The summed E-state index contributed by atoms with van der Waals surface area (Å²) in [5.74, 6) is 0.172. The van der Waals surface area contributed by atoms with E-state index >= 15 is 0 Å². The molecule has 0 radical (unpaired) electrons. The van der Waals surface area contributed by atoms with Crippen LogP contribution in [0.4, 0.5) is 0 Å². The Bertz CT molecular complexity index is 537. The molecule has 1 aromatic rings. The first kappa shape index (κ1) is 15.5. The van der Waals surface area contributed by atoms with E-state index in [1.807, 2.05) is 6.07 Å². The van der Waals surface area contributed by atoms with E-state index in [1.54, 1.807) is 18.2 Å². The minimum atomic E-state index is -3.27. The van der Waals surface area contributed by atoms with E-state index < -0.39 is 9.84 Å². The molecule has 0 N–H and O–H groups in total. The SMILES string of the molecule is O=S(=O)(CC1(CBr)CCOCC1)c1cccc(Br)c1. The first-order valence-corrected chi connectivity index (χ1v) is 9.66. The van der Waals surface area contributed by atoms with E-state index in [-0.39, 0.29) is 11.2 Å². The van der Waals surface area contributed by atoms with Crippen molar-refractivity contribution in [3.05, 3.63) is 28.7 Å². The van der Waals surface area contributed by atoms with Gasteiger partial charge >= 0.3 is 0 Å². The zero-order valence-corrected chi connectivity index (χ0v) is 14.4. The van der Waals surface area contributed by atoms with Crippen LogP contribution in [0.1, 0.15) is 12.8 Å². The van der Waals surface area contributed by atoms with Crippen LogP contribution < -0.4 is 0 Å². The highest BCUT2D eigenvalue weighted by atomic mass is 79.9. The largest absolute Gasteiger partial charge is 0.381 e. The predicted octanol–water partition coefficient (Wildman–Crippen LogP) is 3.41. The van der Waals surface area contributed by atoms with Gasteiger partial charge in [-0.25, -0.2) is 8.42 Å². The zero-order chi connectivity index (χ0) is 13.9. The lowest BCUT2D eigenvalue weighted by Crippen LogP contribution is -2.37. The minimum Gasteiger partial charge on any atom is -0.381 e. The van der Waals surface area contributed by atoms with Gasteiger partial charge in [0.15, 0.2) is 9.84 Å². The summed E-state index contributed by atoms with van der Waals surface area (Å²) in [5, 5.41) is 0.691. The van der Waals surface area contributed by atoms with E-state index in [0.29, 0.717) is 23.4 Å². The summed E-state index contributed by atoms with van der Waals surface area (Å²) < 4.78 is 31.2. The number of rotatable bonds is 4. The average molecular weight is 412 g/mol. The van der Waals surface area contributed by atoms with Crippen LogP contribution in [0.25, 0.3) is 0 Å². The highest BCUT2D eigenvalue weighted by Crippen LogP contribution is 2.35. The molecule has 1 aromatic carbocycles. The molecule has 1 aliphatic heterocycles. The van der Waals surface area contributed by atoms with Crippen molar-refractivity contribution in [3.8, 4) is 0 Å². The number of halogens is 2. The lowest BCUT2D eigenvalue weighted by atomic mass is 9.85. The molecule has 0 aromatic heterocycles. The topological polar surface area (TPSA) is 43.4 Å². The van der Waals surface area contributed by atoms with Gasteiger partial charge in [-0.15, -0.1) is 0 Å². The van der Waals surface area contributed by atoms with Crippen LogP contribution in [0, 0.1) is 5.41 Å². The van der Waals surface area contributed by atoms with Gasteiger partial charge in [-0.2, -0.15) is 0 Å². The molecule has 0 aliphatic carbocycles. The van der Waals surface area contributed by atoms with Crippen molar-refractivity contribution in [2.24, 2.45) is 5.41 Å². The molecule has 19 heavy (non-hydrogen) atoms. The van der Waals surface area contributed by atoms with Gasteiger partial charge in [-0.05, 0) is 36.5 Å². The quantitative estimate of drug-likeness (QED) is 0.713. The van der Waals surface area contributed by atoms with Crippen molar-refractivity contribution in [1.29, 1.82) is 0 Å². The second-order valence-corrected chi connectivity index (χ2v) is 8.43. The third-order valence-corrected chi connectivity index (χ3v) is 7.14. The molecule has 1 saturated heterocycles. The number of ether oxygens (including phenoxy) is 1.